The number of aryl methyl sites for hydroxylation is 1. The summed E-state index contributed by atoms with van der Waals surface area (Å²) >= 11 is 0. The molecule has 1 aromatic rings. The van der Waals surface area contributed by atoms with Crippen LogP contribution in [0.1, 0.15) is 37.1 Å². The number of aromatic nitrogens is 1. The van der Waals surface area contributed by atoms with E-state index >= 15 is 0 Å². The van der Waals surface area contributed by atoms with Gasteiger partial charge in [0.05, 0.1) is 18.4 Å². The van der Waals surface area contributed by atoms with Crippen molar-refractivity contribution in [2.24, 2.45) is 5.92 Å². The van der Waals surface area contributed by atoms with Crippen LogP contribution < -0.4 is 0 Å². The van der Waals surface area contributed by atoms with Gasteiger partial charge >= 0.3 is 0 Å². The third-order valence-electron chi connectivity index (χ3n) is 5.49. The molecule has 3 fully saturated rings. The zero-order valence-electron chi connectivity index (χ0n) is 14.9. The molecule has 0 aliphatic carbocycles. The van der Waals surface area contributed by atoms with Gasteiger partial charge in [0, 0.05) is 25.3 Å². The van der Waals surface area contributed by atoms with E-state index in [4.69, 9.17) is 9.57 Å². The molecule has 0 radical (unpaired) electrons. The van der Waals surface area contributed by atoms with Gasteiger partial charge in [0.1, 0.15) is 6.10 Å². The van der Waals surface area contributed by atoms with Crippen LogP contribution >= 0.6 is 0 Å². The number of pyridine rings is 1. The maximum atomic E-state index is 12.6. The maximum absolute atomic E-state index is 12.6. The molecular formula is C19H27N3O3. The summed E-state index contributed by atoms with van der Waals surface area (Å²) in [5.41, 5.74) is 2.16. The molecule has 0 spiro atoms. The van der Waals surface area contributed by atoms with Crippen molar-refractivity contribution in [2.45, 2.75) is 51.4 Å². The summed E-state index contributed by atoms with van der Waals surface area (Å²) in [5, 5.41) is 1.53. The van der Waals surface area contributed by atoms with Gasteiger partial charge in [-0.1, -0.05) is 6.07 Å². The van der Waals surface area contributed by atoms with Crippen molar-refractivity contribution in [3.8, 4) is 0 Å². The number of ether oxygens (including phenoxy) is 1. The molecule has 0 bridgehead atoms. The number of carbonyl (C=O) groups excluding carboxylic acids is 1. The summed E-state index contributed by atoms with van der Waals surface area (Å²) in [6.45, 7) is 6.13. The van der Waals surface area contributed by atoms with Crippen molar-refractivity contribution in [1.82, 2.24) is 14.9 Å². The number of nitrogens with zero attached hydrogens (tertiary/aromatic N) is 3. The highest BCUT2D eigenvalue weighted by Crippen LogP contribution is 2.34. The van der Waals surface area contributed by atoms with Crippen LogP contribution in [0.15, 0.2) is 18.2 Å². The van der Waals surface area contributed by atoms with E-state index in [-0.39, 0.29) is 18.1 Å². The first-order chi connectivity index (χ1) is 12.2. The van der Waals surface area contributed by atoms with Gasteiger partial charge in [-0.15, -0.1) is 0 Å². The van der Waals surface area contributed by atoms with Crippen LogP contribution in [0.25, 0.3) is 0 Å². The summed E-state index contributed by atoms with van der Waals surface area (Å²) in [6, 6.07) is 6.16. The third-order valence-corrected chi connectivity index (χ3v) is 5.49. The molecule has 6 nitrogen and oxygen atoms in total. The normalized spacial score (nSPS) is 30.3. The summed E-state index contributed by atoms with van der Waals surface area (Å²) in [5.74, 6) is 0.501. The predicted molar refractivity (Wildman–Crippen MR) is 92.5 cm³/mol. The van der Waals surface area contributed by atoms with Gasteiger partial charge in [0.25, 0.3) is 5.91 Å². The fourth-order valence-corrected chi connectivity index (χ4v) is 4.14. The number of hydrogen-bond acceptors (Lipinski definition) is 5. The zero-order chi connectivity index (χ0) is 17.2. The van der Waals surface area contributed by atoms with Crippen LogP contribution in [0, 0.1) is 12.8 Å². The molecule has 0 aromatic carbocycles. The SMILES string of the molecule is Cc1cccc(CN2CC[C@@H]3C[C@@H](C(=O)N4CCCCO4)O[C@H]3C2)n1. The Morgan fingerprint density at radius 3 is 3.04 bits per heavy atom. The van der Waals surface area contributed by atoms with Gasteiger partial charge in [-0.3, -0.25) is 19.5 Å². The number of likely N-dealkylation sites (tertiary alicyclic amines) is 1. The van der Waals surface area contributed by atoms with Crippen molar-refractivity contribution in [3.63, 3.8) is 0 Å². The van der Waals surface area contributed by atoms with Crippen LogP contribution in [0.5, 0.6) is 0 Å². The number of amides is 1. The third kappa shape index (κ3) is 3.86. The van der Waals surface area contributed by atoms with Crippen molar-refractivity contribution in [2.75, 3.05) is 26.2 Å². The number of rotatable bonds is 3. The second kappa shape index (κ2) is 7.40. The van der Waals surface area contributed by atoms with E-state index in [1.54, 1.807) is 0 Å². The minimum absolute atomic E-state index is 0.0148. The first kappa shape index (κ1) is 16.9. The van der Waals surface area contributed by atoms with Gasteiger partial charge in [0.2, 0.25) is 0 Å². The molecule has 25 heavy (non-hydrogen) atoms. The molecule has 4 rings (SSSR count). The van der Waals surface area contributed by atoms with E-state index in [1.807, 2.05) is 13.0 Å². The van der Waals surface area contributed by atoms with E-state index in [2.05, 4.69) is 22.0 Å². The molecule has 136 valence electrons. The Morgan fingerprint density at radius 2 is 2.24 bits per heavy atom. The monoisotopic (exact) mass is 345 g/mol. The van der Waals surface area contributed by atoms with E-state index in [0.29, 0.717) is 19.1 Å². The Morgan fingerprint density at radius 1 is 1.32 bits per heavy atom. The Balaban J connectivity index is 1.33. The zero-order valence-corrected chi connectivity index (χ0v) is 14.9. The van der Waals surface area contributed by atoms with E-state index in [1.165, 1.54) is 5.06 Å². The second-order valence-corrected chi connectivity index (χ2v) is 7.43. The molecule has 3 aliphatic rings. The fourth-order valence-electron chi connectivity index (χ4n) is 4.14. The average molecular weight is 345 g/mol. The number of carbonyl (C=O) groups is 1. The van der Waals surface area contributed by atoms with Gasteiger partial charge in [-0.05, 0) is 57.2 Å². The lowest BCUT2D eigenvalue weighted by Gasteiger charge is -2.33. The fraction of sp³-hybridized carbons (Fsp3) is 0.684. The van der Waals surface area contributed by atoms with Crippen molar-refractivity contribution >= 4 is 5.91 Å². The molecule has 1 amide bonds. The molecule has 3 aliphatic heterocycles. The van der Waals surface area contributed by atoms with Gasteiger partial charge in [0.15, 0.2) is 0 Å². The predicted octanol–water partition coefficient (Wildman–Crippen LogP) is 1.92. The first-order valence-corrected chi connectivity index (χ1v) is 9.44. The molecule has 0 saturated carbocycles. The maximum Gasteiger partial charge on any atom is 0.275 e. The molecule has 6 heteroatoms. The number of fused-ring (bicyclic) bond motifs is 1. The first-order valence-electron chi connectivity index (χ1n) is 9.44. The van der Waals surface area contributed by atoms with Gasteiger partial charge in [-0.2, -0.15) is 0 Å². The Hall–Kier alpha value is -1.50. The number of hydroxylamine groups is 2. The van der Waals surface area contributed by atoms with Crippen molar-refractivity contribution in [1.29, 1.82) is 0 Å². The van der Waals surface area contributed by atoms with Crippen molar-refractivity contribution in [3.05, 3.63) is 29.6 Å². The summed E-state index contributed by atoms with van der Waals surface area (Å²) in [6.07, 6.45) is 3.79. The van der Waals surface area contributed by atoms with Crippen LogP contribution in [0.2, 0.25) is 0 Å². The second-order valence-electron chi connectivity index (χ2n) is 7.43. The van der Waals surface area contributed by atoms with E-state index in [9.17, 15) is 4.79 Å². The highest BCUT2D eigenvalue weighted by atomic mass is 16.7. The quantitative estimate of drug-likeness (QED) is 0.838. The lowest BCUT2D eigenvalue weighted by Crippen LogP contribution is -2.43. The standard InChI is InChI=1S/C19H27N3O3/c1-14-5-4-6-16(20-14)12-21-9-7-15-11-17(25-18(15)13-21)19(23)22-8-2-3-10-24-22/h4-6,15,17-18H,2-3,7-13H2,1H3/t15-,17+,18+/m1/s1. The summed E-state index contributed by atoms with van der Waals surface area (Å²) in [7, 11) is 0. The molecule has 0 unspecified atom stereocenters. The summed E-state index contributed by atoms with van der Waals surface area (Å²) in [4.78, 5) is 25.1. The lowest BCUT2D eigenvalue weighted by atomic mass is 9.91. The Labute approximate surface area is 149 Å². The Bertz CT molecular complexity index is 618. The highest BCUT2D eigenvalue weighted by Gasteiger charge is 2.43. The average Bonchev–Trinajstić information content (AvgIpc) is 3.05. The van der Waals surface area contributed by atoms with Crippen LogP contribution in [-0.4, -0.2) is 59.3 Å². The smallest absolute Gasteiger partial charge is 0.275 e. The Kier molecular flexibility index (Phi) is 5.01. The largest absolute Gasteiger partial charge is 0.363 e. The van der Waals surface area contributed by atoms with Crippen LogP contribution in [-0.2, 0) is 20.9 Å². The van der Waals surface area contributed by atoms with E-state index in [0.717, 1.165) is 56.7 Å². The molecular weight excluding hydrogens is 318 g/mol. The highest BCUT2D eigenvalue weighted by molar-refractivity contribution is 5.80. The van der Waals surface area contributed by atoms with Gasteiger partial charge in [-0.25, -0.2) is 5.06 Å². The molecule has 3 atom stereocenters. The summed E-state index contributed by atoms with van der Waals surface area (Å²) < 4.78 is 6.14. The van der Waals surface area contributed by atoms with Crippen molar-refractivity contribution < 1.29 is 14.4 Å². The lowest BCUT2D eigenvalue weighted by molar-refractivity contribution is -0.206. The molecule has 3 saturated heterocycles. The van der Waals surface area contributed by atoms with Gasteiger partial charge < -0.3 is 4.74 Å². The van der Waals surface area contributed by atoms with Crippen LogP contribution in [0.3, 0.4) is 0 Å². The topological polar surface area (TPSA) is 54.9 Å². The molecule has 1 aromatic heterocycles. The minimum atomic E-state index is -0.329. The number of hydrogen-bond donors (Lipinski definition) is 0. The van der Waals surface area contributed by atoms with Crippen LogP contribution in [0.4, 0.5) is 0 Å². The molecule has 0 N–H and O–H groups in total. The number of piperidine rings is 1. The molecule has 4 heterocycles. The minimum Gasteiger partial charge on any atom is -0.363 e. The van der Waals surface area contributed by atoms with E-state index < -0.39 is 0 Å².